The molecule has 130 valence electrons. The third-order valence-electron chi connectivity index (χ3n) is 4.87. The van der Waals surface area contributed by atoms with Gasteiger partial charge in [-0.15, -0.1) is 0 Å². The number of allylic oxidation sites excluding steroid dienone is 1. The predicted molar refractivity (Wildman–Crippen MR) is 94.6 cm³/mol. The number of hydrogen-bond acceptors (Lipinski definition) is 2. The van der Waals surface area contributed by atoms with Gasteiger partial charge in [0.2, 0.25) is 0 Å². The Balaban J connectivity index is 1.41. The van der Waals surface area contributed by atoms with E-state index < -0.39 is 0 Å². The van der Waals surface area contributed by atoms with E-state index in [1.165, 1.54) is 37.8 Å². The first kappa shape index (κ1) is 17.0. The molecule has 0 atom stereocenters. The molecule has 1 aromatic rings. The van der Waals surface area contributed by atoms with Crippen molar-refractivity contribution in [3.63, 3.8) is 0 Å². The zero-order valence-corrected chi connectivity index (χ0v) is 14.1. The number of nitrogens with one attached hydrogen (secondary N) is 1. The molecule has 2 amide bonds. The van der Waals surface area contributed by atoms with Gasteiger partial charge in [-0.05, 0) is 50.3 Å². The molecule has 3 rings (SSSR count). The smallest absolute Gasteiger partial charge is 0.321 e. The molecule has 0 aromatic heterocycles. The first-order chi connectivity index (χ1) is 11.7. The van der Waals surface area contributed by atoms with E-state index in [1.54, 1.807) is 22.6 Å². The normalized spacial score (nSPS) is 19.0. The van der Waals surface area contributed by atoms with Crippen molar-refractivity contribution in [3.8, 4) is 0 Å². The van der Waals surface area contributed by atoms with Crippen LogP contribution in [0.15, 0.2) is 35.9 Å². The van der Waals surface area contributed by atoms with E-state index in [2.05, 4.69) is 16.3 Å². The lowest BCUT2D eigenvalue weighted by molar-refractivity contribution is 0.148. The summed E-state index contributed by atoms with van der Waals surface area (Å²) in [6, 6.07) is 5.87. The molecule has 1 aromatic carbocycles. The van der Waals surface area contributed by atoms with Gasteiger partial charge < -0.3 is 10.2 Å². The van der Waals surface area contributed by atoms with Crippen LogP contribution in [0.5, 0.6) is 0 Å². The number of amides is 2. The van der Waals surface area contributed by atoms with E-state index in [4.69, 9.17) is 0 Å². The summed E-state index contributed by atoms with van der Waals surface area (Å²) in [7, 11) is 0. The number of urea groups is 1. The summed E-state index contributed by atoms with van der Waals surface area (Å²) in [5.74, 6) is -0.338. The maximum Gasteiger partial charge on any atom is 0.321 e. The van der Waals surface area contributed by atoms with Crippen LogP contribution in [-0.2, 0) is 0 Å². The van der Waals surface area contributed by atoms with E-state index in [1.807, 2.05) is 0 Å². The number of halogens is 1. The van der Waals surface area contributed by atoms with Gasteiger partial charge >= 0.3 is 6.03 Å². The summed E-state index contributed by atoms with van der Waals surface area (Å²) < 4.78 is 13.2. The monoisotopic (exact) mass is 331 g/mol. The van der Waals surface area contributed by atoms with Crippen LogP contribution in [0.1, 0.15) is 32.1 Å². The second-order valence-electron chi connectivity index (χ2n) is 6.63. The molecule has 0 bridgehead atoms. The fourth-order valence-corrected chi connectivity index (χ4v) is 3.38. The van der Waals surface area contributed by atoms with Crippen molar-refractivity contribution in [1.82, 2.24) is 9.80 Å². The van der Waals surface area contributed by atoms with Crippen molar-refractivity contribution in [1.29, 1.82) is 0 Å². The van der Waals surface area contributed by atoms with E-state index >= 15 is 0 Å². The molecule has 0 saturated carbocycles. The molecule has 0 unspecified atom stereocenters. The van der Waals surface area contributed by atoms with Gasteiger partial charge in [-0.25, -0.2) is 9.18 Å². The highest BCUT2D eigenvalue weighted by atomic mass is 19.1. The van der Waals surface area contributed by atoms with E-state index in [0.717, 1.165) is 39.1 Å². The van der Waals surface area contributed by atoms with Crippen molar-refractivity contribution in [2.45, 2.75) is 32.1 Å². The number of nitrogens with zero attached hydrogens (tertiary/aromatic N) is 2. The van der Waals surface area contributed by atoms with Gasteiger partial charge in [0.1, 0.15) is 5.82 Å². The van der Waals surface area contributed by atoms with E-state index in [9.17, 15) is 9.18 Å². The lowest BCUT2D eigenvalue weighted by atomic mass is 9.97. The van der Waals surface area contributed by atoms with Crippen LogP contribution in [0.3, 0.4) is 0 Å². The number of rotatable bonds is 4. The fourth-order valence-electron chi connectivity index (χ4n) is 3.38. The van der Waals surface area contributed by atoms with Crippen molar-refractivity contribution >= 4 is 11.7 Å². The molecule has 24 heavy (non-hydrogen) atoms. The Kier molecular flexibility index (Phi) is 5.86. The van der Waals surface area contributed by atoms with Crippen molar-refractivity contribution in [2.75, 3.05) is 38.0 Å². The highest BCUT2D eigenvalue weighted by Gasteiger charge is 2.21. The Bertz CT molecular complexity index is 594. The summed E-state index contributed by atoms with van der Waals surface area (Å²) in [5.41, 5.74) is 2.11. The molecule has 2 aliphatic rings. The van der Waals surface area contributed by atoms with Crippen LogP contribution in [0.2, 0.25) is 0 Å². The molecule has 1 saturated heterocycles. The second-order valence-corrected chi connectivity index (χ2v) is 6.63. The van der Waals surface area contributed by atoms with Crippen LogP contribution in [-0.4, -0.2) is 48.6 Å². The molecule has 4 nitrogen and oxygen atoms in total. The topological polar surface area (TPSA) is 35.6 Å². The molecular weight excluding hydrogens is 305 g/mol. The molecule has 1 aliphatic heterocycles. The first-order valence-corrected chi connectivity index (χ1v) is 8.92. The number of carbonyl (C=O) groups is 1. The van der Waals surface area contributed by atoms with Crippen molar-refractivity contribution in [2.24, 2.45) is 0 Å². The summed E-state index contributed by atoms with van der Waals surface area (Å²) in [5, 5.41) is 2.77. The van der Waals surface area contributed by atoms with Gasteiger partial charge in [0.05, 0.1) is 0 Å². The predicted octanol–water partition coefficient (Wildman–Crippen LogP) is 3.87. The minimum Gasteiger partial charge on any atom is -0.322 e. The maximum atomic E-state index is 13.2. The number of carbonyl (C=O) groups excluding carboxylic acids is 1. The van der Waals surface area contributed by atoms with Gasteiger partial charge in [-0.3, -0.25) is 4.90 Å². The highest BCUT2D eigenvalue weighted by Crippen LogP contribution is 2.20. The van der Waals surface area contributed by atoms with Crippen LogP contribution in [0.25, 0.3) is 0 Å². The fraction of sp³-hybridized carbons (Fsp3) is 0.526. The minimum atomic E-state index is -0.338. The number of piperazine rings is 1. The number of hydrogen-bond donors (Lipinski definition) is 1. The SMILES string of the molecule is O=C(Nc1cccc(F)c1)N1CCN(CCC2=CCCCC2)CC1. The van der Waals surface area contributed by atoms with Gasteiger partial charge in [0.25, 0.3) is 0 Å². The van der Waals surface area contributed by atoms with Gasteiger partial charge in [-0.1, -0.05) is 17.7 Å². The number of anilines is 1. The molecule has 1 aliphatic carbocycles. The zero-order chi connectivity index (χ0) is 16.8. The molecule has 1 heterocycles. The lowest BCUT2D eigenvalue weighted by Crippen LogP contribution is -2.50. The third kappa shape index (κ3) is 4.81. The molecule has 1 N–H and O–H groups in total. The average Bonchev–Trinajstić information content (AvgIpc) is 2.61. The lowest BCUT2D eigenvalue weighted by Gasteiger charge is -2.35. The van der Waals surface area contributed by atoms with E-state index in [0.29, 0.717) is 5.69 Å². The molecule has 1 fully saturated rings. The number of benzene rings is 1. The van der Waals surface area contributed by atoms with Gasteiger partial charge in [-0.2, -0.15) is 0 Å². The van der Waals surface area contributed by atoms with Crippen LogP contribution in [0, 0.1) is 5.82 Å². The Morgan fingerprint density at radius 1 is 1.17 bits per heavy atom. The van der Waals surface area contributed by atoms with Gasteiger partial charge in [0, 0.05) is 38.4 Å². The quantitative estimate of drug-likeness (QED) is 0.850. The van der Waals surface area contributed by atoms with Crippen molar-refractivity contribution in [3.05, 3.63) is 41.7 Å². The Labute approximate surface area is 143 Å². The van der Waals surface area contributed by atoms with E-state index in [-0.39, 0.29) is 11.8 Å². The highest BCUT2D eigenvalue weighted by molar-refractivity contribution is 5.89. The molecular formula is C19H26FN3O. The second kappa shape index (κ2) is 8.29. The standard InChI is InChI=1S/C19H26FN3O/c20-17-7-4-8-18(15-17)21-19(24)23-13-11-22(12-14-23)10-9-16-5-2-1-3-6-16/h4-5,7-8,15H,1-3,6,9-14H2,(H,21,24). The Morgan fingerprint density at radius 2 is 2.00 bits per heavy atom. The minimum absolute atomic E-state index is 0.143. The zero-order valence-electron chi connectivity index (χ0n) is 14.1. The molecule has 0 spiro atoms. The maximum absolute atomic E-state index is 13.2. The summed E-state index contributed by atoms with van der Waals surface area (Å²) in [6.45, 7) is 4.35. The van der Waals surface area contributed by atoms with Gasteiger partial charge in [0.15, 0.2) is 0 Å². The summed E-state index contributed by atoms with van der Waals surface area (Å²) in [4.78, 5) is 16.5. The largest absolute Gasteiger partial charge is 0.322 e. The first-order valence-electron chi connectivity index (χ1n) is 8.92. The Morgan fingerprint density at radius 3 is 2.71 bits per heavy atom. The van der Waals surface area contributed by atoms with Crippen LogP contribution >= 0.6 is 0 Å². The third-order valence-corrected chi connectivity index (χ3v) is 4.87. The average molecular weight is 331 g/mol. The molecule has 0 radical (unpaired) electrons. The van der Waals surface area contributed by atoms with Crippen LogP contribution < -0.4 is 5.32 Å². The van der Waals surface area contributed by atoms with Crippen molar-refractivity contribution < 1.29 is 9.18 Å². The Hall–Kier alpha value is -1.88. The molecule has 5 heteroatoms. The van der Waals surface area contributed by atoms with Crippen LogP contribution in [0.4, 0.5) is 14.9 Å². The summed E-state index contributed by atoms with van der Waals surface area (Å²) >= 11 is 0. The summed E-state index contributed by atoms with van der Waals surface area (Å²) in [6.07, 6.45) is 8.74.